The summed E-state index contributed by atoms with van der Waals surface area (Å²) in [5.41, 5.74) is 0.585. The minimum atomic E-state index is -4.33. The van der Waals surface area contributed by atoms with Crippen LogP contribution in [0.15, 0.2) is 18.2 Å². The van der Waals surface area contributed by atoms with Crippen molar-refractivity contribution >= 4 is 17.0 Å². The average Bonchev–Trinajstić information content (AvgIpc) is 2.80. The van der Waals surface area contributed by atoms with Crippen LogP contribution in [0.5, 0.6) is 0 Å². The van der Waals surface area contributed by atoms with E-state index in [9.17, 15) is 13.2 Å². The van der Waals surface area contributed by atoms with Gasteiger partial charge in [-0.05, 0) is 49.3 Å². The summed E-state index contributed by atoms with van der Waals surface area (Å²) in [7, 11) is 0. The molecular weight excluding hydrogens is 315 g/mol. The Bertz CT molecular complexity index is 714. The molecule has 0 amide bonds. The van der Waals surface area contributed by atoms with Crippen molar-refractivity contribution in [2.45, 2.75) is 52.3 Å². The monoisotopic (exact) mass is 339 g/mol. The van der Waals surface area contributed by atoms with Gasteiger partial charge in [-0.3, -0.25) is 0 Å². The van der Waals surface area contributed by atoms with Gasteiger partial charge in [-0.25, -0.2) is 4.98 Å². The van der Waals surface area contributed by atoms with Crippen LogP contribution in [0.25, 0.3) is 11.0 Å². The second kappa shape index (κ2) is 6.30. The minimum absolute atomic E-state index is 0.246. The summed E-state index contributed by atoms with van der Waals surface area (Å²) in [5, 5.41) is 3.36. The molecule has 0 unspecified atom stereocenters. The number of hydrogen-bond acceptors (Lipinski definition) is 2. The first-order chi connectivity index (χ1) is 11.3. The van der Waals surface area contributed by atoms with Gasteiger partial charge in [0.05, 0.1) is 16.6 Å². The van der Waals surface area contributed by atoms with Crippen LogP contribution >= 0.6 is 0 Å². The molecular formula is C18H24F3N3. The Labute approximate surface area is 140 Å². The Morgan fingerprint density at radius 2 is 1.96 bits per heavy atom. The van der Waals surface area contributed by atoms with Crippen molar-refractivity contribution in [2.75, 3.05) is 11.9 Å². The fraction of sp³-hybridized carbons (Fsp3) is 0.611. The summed E-state index contributed by atoms with van der Waals surface area (Å²) in [5.74, 6) is 1.70. The molecule has 0 radical (unpaired) electrons. The van der Waals surface area contributed by atoms with Gasteiger partial charge in [0, 0.05) is 12.6 Å². The summed E-state index contributed by atoms with van der Waals surface area (Å²) in [6.07, 6.45) is -1.22. The third-order valence-electron chi connectivity index (χ3n) is 5.18. The van der Waals surface area contributed by atoms with E-state index in [2.05, 4.69) is 31.1 Å². The van der Waals surface area contributed by atoms with E-state index in [4.69, 9.17) is 0 Å². The maximum atomic E-state index is 13.0. The number of hydrogen-bond donors (Lipinski definition) is 1. The van der Waals surface area contributed by atoms with Crippen molar-refractivity contribution in [2.24, 2.45) is 11.8 Å². The molecule has 132 valence electrons. The number of nitrogens with zero attached hydrogens (tertiary/aromatic N) is 2. The second-order valence-corrected chi connectivity index (χ2v) is 7.19. The smallest absolute Gasteiger partial charge is 0.355 e. The summed E-state index contributed by atoms with van der Waals surface area (Å²) in [6, 6.07) is 4.07. The van der Waals surface area contributed by atoms with E-state index in [1.54, 1.807) is 0 Å². The Morgan fingerprint density at radius 1 is 1.25 bits per heavy atom. The molecule has 1 aromatic heterocycles. The number of aromatic nitrogens is 2. The van der Waals surface area contributed by atoms with E-state index in [1.807, 2.05) is 4.57 Å². The molecule has 0 aliphatic heterocycles. The van der Waals surface area contributed by atoms with Gasteiger partial charge in [0.2, 0.25) is 5.95 Å². The Morgan fingerprint density at radius 3 is 2.50 bits per heavy atom. The number of fused-ring (bicyclic) bond motifs is 1. The van der Waals surface area contributed by atoms with Gasteiger partial charge in [0.15, 0.2) is 0 Å². The highest BCUT2D eigenvalue weighted by atomic mass is 19.4. The van der Waals surface area contributed by atoms with Crippen molar-refractivity contribution in [1.82, 2.24) is 9.55 Å². The molecule has 6 heteroatoms. The lowest BCUT2D eigenvalue weighted by molar-refractivity contribution is -0.137. The first-order valence-corrected chi connectivity index (χ1v) is 8.60. The molecule has 0 saturated heterocycles. The normalized spacial score (nSPS) is 17.3. The molecule has 1 saturated carbocycles. The maximum absolute atomic E-state index is 13.0. The highest BCUT2D eigenvalue weighted by molar-refractivity contribution is 5.80. The van der Waals surface area contributed by atoms with E-state index >= 15 is 0 Å². The summed E-state index contributed by atoms with van der Waals surface area (Å²) in [6.45, 7) is 7.25. The van der Waals surface area contributed by atoms with Gasteiger partial charge < -0.3 is 9.88 Å². The number of benzene rings is 1. The summed E-state index contributed by atoms with van der Waals surface area (Å²) < 4.78 is 41.1. The molecule has 24 heavy (non-hydrogen) atoms. The lowest BCUT2D eigenvalue weighted by Gasteiger charge is -2.29. The molecule has 3 nitrogen and oxygen atoms in total. The quantitative estimate of drug-likeness (QED) is 0.781. The van der Waals surface area contributed by atoms with Crippen LogP contribution in [0.4, 0.5) is 19.1 Å². The SMILES string of the molecule is CC(C)[C@@H](C)CNc1nc2ccc(C(F)(F)F)cc2n1C1CCC1. The summed E-state index contributed by atoms with van der Waals surface area (Å²) in [4.78, 5) is 4.55. The first-order valence-electron chi connectivity index (χ1n) is 8.60. The molecule has 0 bridgehead atoms. The average molecular weight is 339 g/mol. The highest BCUT2D eigenvalue weighted by Gasteiger charge is 2.32. The first kappa shape index (κ1) is 17.1. The third-order valence-corrected chi connectivity index (χ3v) is 5.18. The Hall–Kier alpha value is -1.72. The van der Waals surface area contributed by atoms with Crippen LogP contribution < -0.4 is 5.32 Å². The molecule has 3 rings (SSSR count). The molecule has 1 N–H and O–H groups in total. The number of imidazole rings is 1. The van der Waals surface area contributed by atoms with Crippen molar-refractivity contribution in [3.63, 3.8) is 0 Å². The topological polar surface area (TPSA) is 29.9 Å². The molecule has 1 heterocycles. The largest absolute Gasteiger partial charge is 0.416 e. The van der Waals surface area contributed by atoms with Gasteiger partial charge in [0.25, 0.3) is 0 Å². The van der Waals surface area contributed by atoms with Crippen LogP contribution in [0.2, 0.25) is 0 Å². The molecule has 1 fully saturated rings. The lowest BCUT2D eigenvalue weighted by atomic mass is 9.92. The molecule has 1 atom stereocenters. The fourth-order valence-corrected chi connectivity index (χ4v) is 2.90. The van der Waals surface area contributed by atoms with Crippen molar-refractivity contribution in [3.8, 4) is 0 Å². The van der Waals surface area contributed by atoms with Crippen LogP contribution in [-0.4, -0.2) is 16.1 Å². The second-order valence-electron chi connectivity index (χ2n) is 7.19. The van der Waals surface area contributed by atoms with E-state index in [0.29, 0.717) is 28.8 Å². The molecule has 2 aromatic rings. The van der Waals surface area contributed by atoms with Crippen molar-refractivity contribution < 1.29 is 13.2 Å². The predicted octanol–water partition coefficient (Wildman–Crippen LogP) is 5.48. The zero-order valence-electron chi connectivity index (χ0n) is 14.3. The lowest BCUT2D eigenvalue weighted by Crippen LogP contribution is -2.22. The number of nitrogens with one attached hydrogen (secondary N) is 1. The fourth-order valence-electron chi connectivity index (χ4n) is 2.90. The number of rotatable bonds is 5. The van der Waals surface area contributed by atoms with Gasteiger partial charge in [-0.15, -0.1) is 0 Å². The molecule has 0 spiro atoms. The van der Waals surface area contributed by atoms with Crippen LogP contribution in [0.3, 0.4) is 0 Å². The van der Waals surface area contributed by atoms with Crippen molar-refractivity contribution in [3.05, 3.63) is 23.8 Å². The van der Waals surface area contributed by atoms with Gasteiger partial charge in [0.1, 0.15) is 0 Å². The minimum Gasteiger partial charge on any atom is -0.355 e. The van der Waals surface area contributed by atoms with Crippen molar-refractivity contribution in [1.29, 1.82) is 0 Å². The van der Waals surface area contributed by atoms with E-state index in [-0.39, 0.29) is 6.04 Å². The van der Waals surface area contributed by atoms with E-state index in [1.165, 1.54) is 12.1 Å². The maximum Gasteiger partial charge on any atom is 0.416 e. The molecule has 1 aliphatic rings. The van der Waals surface area contributed by atoms with Gasteiger partial charge in [-0.2, -0.15) is 13.2 Å². The zero-order valence-corrected chi connectivity index (χ0v) is 14.3. The highest BCUT2D eigenvalue weighted by Crippen LogP contribution is 2.39. The predicted molar refractivity (Wildman–Crippen MR) is 90.1 cm³/mol. The Balaban J connectivity index is 1.98. The zero-order chi connectivity index (χ0) is 17.5. The van der Waals surface area contributed by atoms with E-state index in [0.717, 1.165) is 31.9 Å². The van der Waals surface area contributed by atoms with Gasteiger partial charge in [-0.1, -0.05) is 20.8 Å². The van der Waals surface area contributed by atoms with Gasteiger partial charge >= 0.3 is 6.18 Å². The van der Waals surface area contributed by atoms with Crippen LogP contribution in [-0.2, 0) is 6.18 Å². The van der Waals surface area contributed by atoms with Crippen LogP contribution in [0, 0.1) is 11.8 Å². The Kier molecular flexibility index (Phi) is 4.49. The number of anilines is 1. The third kappa shape index (κ3) is 3.23. The number of alkyl halides is 3. The van der Waals surface area contributed by atoms with E-state index < -0.39 is 11.7 Å². The standard InChI is InChI=1S/C18H24F3N3/c1-11(2)12(3)10-22-17-23-15-8-7-13(18(19,20)21)9-16(15)24(17)14-5-4-6-14/h7-9,11-12,14H,4-6,10H2,1-3H3,(H,22,23)/t12-/m0/s1. The molecule has 1 aromatic carbocycles. The number of halogens is 3. The van der Waals surface area contributed by atoms with Crippen LogP contribution in [0.1, 0.15) is 51.6 Å². The molecule has 1 aliphatic carbocycles. The summed E-state index contributed by atoms with van der Waals surface area (Å²) >= 11 is 0.